The fraction of sp³-hybridized carbons (Fsp3) is 0.696. The van der Waals surface area contributed by atoms with Crippen molar-refractivity contribution in [1.82, 2.24) is 15.1 Å². The number of likely N-dealkylation sites (tertiary alicyclic amines) is 1. The van der Waals surface area contributed by atoms with Crippen LogP contribution in [0.2, 0.25) is 0 Å². The molecule has 2 aliphatic heterocycles. The van der Waals surface area contributed by atoms with E-state index < -0.39 is 0 Å². The van der Waals surface area contributed by atoms with Gasteiger partial charge in [0.1, 0.15) is 5.75 Å². The summed E-state index contributed by atoms with van der Waals surface area (Å²) in [7, 11) is 3.61. The number of rotatable bonds is 7. The predicted octanol–water partition coefficient (Wildman–Crippen LogP) is 2.81. The first-order valence-electron chi connectivity index (χ1n) is 11.0. The molecule has 1 aromatic carbocycles. The van der Waals surface area contributed by atoms with Crippen molar-refractivity contribution in [2.45, 2.75) is 38.6 Å². The molecule has 3 rings (SSSR count). The summed E-state index contributed by atoms with van der Waals surface area (Å²) < 4.78 is 10.8. The van der Waals surface area contributed by atoms with E-state index in [-0.39, 0.29) is 0 Å². The van der Waals surface area contributed by atoms with Gasteiger partial charge in [-0.3, -0.25) is 9.89 Å². The highest BCUT2D eigenvalue weighted by Gasteiger charge is 2.27. The van der Waals surface area contributed by atoms with Gasteiger partial charge in [0.05, 0.1) is 20.3 Å². The topological polar surface area (TPSA) is 49.3 Å². The van der Waals surface area contributed by atoms with Crippen LogP contribution >= 0.6 is 0 Å². The van der Waals surface area contributed by atoms with Crippen molar-refractivity contribution in [3.8, 4) is 5.75 Å². The Kier molecular flexibility index (Phi) is 8.19. The van der Waals surface area contributed by atoms with E-state index in [0.717, 1.165) is 64.1 Å². The van der Waals surface area contributed by atoms with Crippen molar-refractivity contribution in [2.24, 2.45) is 10.9 Å². The summed E-state index contributed by atoms with van der Waals surface area (Å²) in [4.78, 5) is 9.57. The van der Waals surface area contributed by atoms with E-state index in [1.54, 1.807) is 7.11 Å². The molecule has 2 aliphatic rings. The van der Waals surface area contributed by atoms with Gasteiger partial charge in [0.15, 0.2) is 5.96 Å². The van der Waals surface area contributed by atoms with Gasteiger partial charge in [0.2, 0.25) is 0 Å². The maximum absolute atomic E-state index is 5.55. The summed E-state index contributed by atoms with van der Waals surface area (Å²) in [5.41, 5.74) is 1.38. The number of guanidine groups is 1. The molecule has 0 aromatic heterocycles. The van der Waals surface area contributed by atoms with E-state index in [1.807, 2.05) is 7.05 Å². The van der Waals surface area contributed by atoms with E-state index in [9.17, 15) is 0 Å². The first-order valence-corrected chi connectivity index (χ1v) is 11.0. The summed E-state index contributed by atoms with van der Waals surface area (Å²) in [6.45, 7) is 11.4. The van der Waals surface area contributed by atoms with Crippen LogP contribution in [0.15, 0.2) is 29.3 Å². The highest BCUT2D eigenvalue weighted by Crippen LogP contribution is 2.28. The van der Waals surface area contributed by atoms with Crippen LogP contribution in [-0.4, -0.2) is 81.9 Å². The van der Waals surface area contributed by atoms with Crippen molar-refractivity contribution >= 4 is 5.96 Å². The molecule has 162 valence electrons. The molecule has 0 aliphatic carbocycles. The minimum atomic E-state index is 0.524. The Bertz CT molecular complexity index is 641. The van der Waals surface area contributed by atoms with Gasteiger partial charge in [-0.15, -0.1) is 0 Å². The summed E-state index contributed by atoms with van der Waals surface area (Å²) in [5, 5.41) is 3.68. The van der Waals surface area contributed by atoms with Gasteiger partial charge in [-0.1, -0.05) is 26.0 Å². The summed E-state index contributed by atoms with van der Waals surface area (Å²) in [6, 6.07) is 9.03. The number of hydrogen-bond acceptors (Lipinski definition) is 4. The highest BCUT2D eigenvalue weighted by atomic mass is 16.5. The maximum atomic E-state index is 5.55. The molecule has 2 atom stereocenters. The van der Waals surface area contributed by atoms with Crippen molar-refractivity contribution in [2.75, 3.05) is 60.1 Å². The average Bonchev–Trinajstić information content (AvgIpc) is 3.24. The van der Waals surface area contributed by atoms with Crippen LogP contribution in [0.3, 0.4) is 0 Å². The number of methoxy groups -OCH3 is 1. The Morgan fingerprint density at radius 2 is 1.93 bits per heavy atom. The quantitative estimate of drug-likeness (QED) is 0.561. The van der Waals surface area contributed by atoms with E-state index in [2.05, 4.69) is 58.2 Å². The summed E-state index contributed by atoms with van der Waals surface area (Å²) in [5.74, 6) is 3.17. The molecule has 6 heteroatoms. The van der Waals surface area contributed by atoms with E-state index in [4.69, 9.17) is 9.47 Å². The normalized spacial score (nSPS) is 22.2. The Labute approximate surface area is 176 Å². The Balaban J connectivity index is 1.56. The number of nitrogens with zero attached hydrogens (tertiary/aromatic N) is 3. The molecule has 29 heavy (non-hydrogen) atoms. The van der Waals surface area contributed by atoms with Crippen molar-refractivity contribution in [3.63, 3.8) is 0 Å². The molecule has 1 aromatic rings. The maximum Gasteiger partial charge on any atom is 0.193 e. The lowest BCUT2D eigenvalue weighted by atomic mass is 9.98. The standard InChI is InChI=1S/C23H38N4O2/c1-18(2)15-21(26-11-13-29-14-12-26)16-25-23(24-3)27-10-9-20(17-27)19-5-7-22(28-4)8-6-19/h5-8,18,20-21H,9-17H2,1-4H3,(H,24,25). The molecule has 0 bridgehead atoms. The number of hydrogen-bond donors (Lipinski definition) is 1. The lowest BCUT2D eigenvalue weighted by molar-refractivity contribution is 0.0131. The van der Waals surface area contributed by atoms with Crippen LogP contribution < -0.4 is 10.1 Å². The largest absolute Gasteiger partial charge is 0.497 e. The van der Waals surface area contributed by atoms with Crippen molar-refractivity contribution < 1.29 is 9.47 Å². The minimum Gasteiger partial charge on any atom is -0.497 e. The van der Waals surface area contributed by atoms with Gasteiger partial charge in [-0.2, -0.15) is 0 Å². The van der Waals surface area contributed by atoms with E-state index >= 15 is 0 Å². The Morgan fingerprint density at radius 1 is 1.21 bits per heavy atom. The number of aliphatic imine (C=N–C) groups is 1. The van der Waals surface area contributed by atoms with Gasteiger partial charge < -0.3 is 19.7 Å². The molecule has 0 spiro atoms. The minimum absolute atomic E-state index is 0.524. The van der Waals surface area contributed by atoms with Crippen LogP contribution in [0, 0.1) is 5.92 Å². The zero-order valence-corrected chi connectivity index (χ0v) is 18.6. The van der Waals surface area contributed by atoms with Crippen LogP contribution in [0.4, 0.5) is 0 Å². The molecule has 0 saturated carbocycles. The number of nitrogens with one attached hydrogen (secondary N) is 1. The molecular weight excluding hydrogens is 364 g/mol. The zero-order valence-electron chi connectivity index (χ0n) is 18.6. The molecule has 0 amide bonds. The summed E-state index contributed by atoms with van der Waals surface area (Å²) >= 11 is 0. The second kappa shape index (κ2) is 10.8. The summed E-state index contributed by atoms with van der Waals surface area (Å²) in [6.07, 6.45) is 2.35. The fourth-order valence-electron chi connectivity index (χ4n) is 4.49. The van der Waals surface area contributed by atoms with Crippen molar-refractivity contribution in [1.29, 1.82) is 0 Å². The SMILES string of the molecule is CN=C(NCC(CC(C)C)N1CCOCC1)N1CCC(c2ccc(OC)cc2)C1. The van der Waals surface area contributed by atoms with Crippen molar-refractivity contribution in [3.05, 3.63) is 29.8 Å². The monoisotopic (exact) mass is 402 g/mol. The van der Waals surface area contributed by atoms with Gasteiger partial charge >= 0.3 is 0 Å². The lowest BCUT2D eigenvalue weighted by Crippen LogP contribution is -2.51. The highest BCUT2D eigenvalue weighted by molar-refractivity contribution is 5.80. The molecular formula is C23H38N4O2. The predicted molar refractivity (Wildman–Crippen MR) is 119 cm³/mol. The fourth-order valence-corrected chi connectivity index (χ4v) is 4.49. The third-order valence-corrected chi connectivity index (χ3v) is 6.09. The second-order valence-electron chi connectivity index (χ2n) is 8.56. The number of morpholine rings is 1. The molecule has 2 saturated heterocycles. The van der Waals surface area contributed by atoms with Gasteiger partial charge in [0.25, 0.3) is 0 Å². The van der Waals surface area contributed by atoms with E-state index in [1.165, 1.54) is 12.0 Å². The zero-order chi connectivity index (χ0) is 20.6. The Morgan fingerprint density at radius 3 is 2.55 bits per heavy atom. The van der Waals surface area contributed by atoms with Crippen LogP contribution in [0.5, 0.6) is 5.75 Å². The third kappa shape index (κ3) is 6.09. The van der Waals surface area contributed by atoms with Gasteiger partial charge in [-0.25, -0.2) is 0 Å². The smallest absolute Gasteiger partial charge is 0.193 e. The molecule has 6 nitrogen and oxygen atoms in total. The molecule has 2 heterocycles. The molecule has 2 unspecified atom stereocenters. The molecule has 0 radical (unpaired) electrons. The molecule has 1 N–H and O–H groups in total. The van der Waals surface area contributed by atoms with Crippen LogP contribution in [0.25, 0.3) is 0 Å². The third-order valence-electron chi connectivity index (χ3n) is 6.09. The van der Waals surface area contributed by atoms with Gasteiger partial charge in [-0.05, 0) is 36.5 Å². The molecule has 2 fully saturated rings. The number of benzene rings is 1. The average molecular weight is 403 g/mol. The first kappa shape index (κ1) is 21.9. The van der Waals surface area contributed by atoms with E-state index in [0.29, 0.717) is 17.9 Å². The first-order chi connectivity index (χ1) is 14.1. The van der Waals surface area contributed by atoms with Crippen LogP contribution in [0.1, 0.15) is 38.2 Å². The Hall–Kier alpha value is -1.79. The number of ether oxygens (including phenoxy) is 2. The second-order valence-corrected chi connectivity index (χ2v) is 8.56. The lowest BCUT2D eigenvalue weighted by Gasteiger charge is -2.36. The van der Waals surface area contributed by atoms with Crippen LogP contribution in [-0.2, 0) is 4.74 Å². The van der Waals surface area contributed by atoms with Gasteiger partial charge in [0, 0.05) is 51.7 Å².